The summed E-state index contributed by atoms with van der Waals surface area (Å²) in [7, 11) is -1.27. The topological polar surface area (TPSA) is 49.9 Å². The van der Waals surface area contributed by atoms with Crippen LogP contribution in [0.3, 0.4) is 0 Å². The van der Waals surface area contributed by atoms with Crippen LogP contribution in [0.15, 0.2) is 29.2 Å². The predicted octanol–water partition coefficient (Wildman–Crippen LogP) is 3.04. The third-order valence-electron chi connectivity index (χ3n) is 6.58. The molecule has 0 saturated carbocycles. The van der Waals surface area contributed by atoms with Gasteiger partial charge in [-0.3, -0.25) is 0 Å². The van der Waals surface area contributed by atoms with Gasteiger partial charge in [0, 0.05) is 25.2 Å². The predicted molar refractivity (Wildman–Crippen MR) is 106 cm³/mol. The lowest BCUT2D eigenvalue weighted by Gasteiger charge is -2.40. The van der Waals surface area contributed by atoms with E-state index in [1.54, 1.807) is 6.07 Å². The average Bonchev–Trinajstić information content (AvgIpc) is 2.96. The van der Waals surface area contributed by atoms with Crippen LogP contribution in [0.1, 0.15) is 51.0 Å². The molecule has 3 saturated heterocycles. The summed E-state index contributed by atoms with van der Waals surface area (Å²) >= 11 is 0. The Morgan fingerprint density at radius 1 is 1.00 bits per heavy atom. The third-order valence-corrected chi connectivity index (χ3v) is 8.69. The number of piperidine rings is 2. The van der Waals surface area contributed by atoms with Gasteiger partial charge in [-0.25, -0.2) is 8.42 Å². The van der Waals surface area contributed by atoms with E-state index < -0.39 is 10.0 Å². The molecule has 3 fully saturated rings. The molecule has 4 rings (SSSR count). The molecule has 0 aromatic heterocycles. The number of fused-ring (bicyclic) bond motifs is 2. The summed E-state index contributed by atoms with van der Waals surface area (Å²) < 4.78 is 35.1. The average molecular weight is 393 g/mol. The molecule has 2 bridgehead atoms. The molecule has 0 amide bonds. The van der Waals surface area contributed by atoms with Crippen LogP contribution in [0, 0.1) is 0 Å². The van der Waals surface area contributed by atoms with Gasteiger partial charge in [0.2, 0.25) is 10.0 Å². The first-order valence-electron chi connectivity index (χ1n) is 10.4. The van der Waals surface area contributed by atoms with Gasteiger partial charge in [-0.1, -0.05) is 25.1 Å². The Morgan fingerprint density at radius 3 is 2.26 bits per heavy atom. The highest BCUT2D eigenvalue weighted by Gasteiger charge is 2.48. The number of hydrogen-bond donors (Lipinski definition) is 0. The van der Waals surface area contributed by atoms with Crippen molar-refractivity contribution in [3.63, 3.8) is 0 Å². The minimum Gasteiger partial charge on any atom is -0.375 e. The van der Waals surface area contributed by atoms with Crippen molar-refractivity contribution in [1.29, 1.82) is 0 Å². The molecular weight excluding hydrogens is 360 g/mol. The number of benzene rings is 1. The van der Waals surface area contributed by atoms with Crippen molar-refractivity contribution < 1.29 is 13.2 Å². The van der Waals surface area contributed by atoms with E-state index in [2.05, 4.69) is 11.9 Å². The monoisotopic (exact) mass is 392 g/mol. The summed E-state index contributed by atoms with van der Waals surface area (Å²) in [5.74, 6) is 0. The van der Waals surface area contributed by atoms with Crippen LogP contribution in [0.5, 0.6) is 0 Å². The summed E-state index contributed by atoms with van der Waals surface area (Å²) in [5, 5.41) is 0. The Bertz CT molecular complexity index is 744. The van der Waals surface area contributed by atoms with Crippen LogP contribution >= 0.6 is 0 Å². The first-order valence-corrected chi connectivity index (χ1v) is 11.9. The smallest absolute Gasteiger partial charge is 0.243 e. The highest BCUT2D eigenvalue weighted by Crippen LogP contribution is 2.41. The zero-order valence-corrected chi connectivity index (χ0v) is 17.3. The number of hydrogen-bond acceptors (Lipinski definition) is 4. The van der Waals surface area contributed by atoms with Crippen LogP contribution < -0.4 is 0 Å². The minimum atomic E-state index is -3.43. The van der Waals surface area contributed by atoms with E-state index in [-0.39, 0.29) is 18.2 Å². The van der Waals surface area contributed by atoms with Crippen LogP contribution in [-0.4, -0.2) is 62.1 Å². The number of likely N-dealkylation sites (tertiary alicyclic amines) is 1. The van der Waals surface area contributed by atoms with Crippen molar-refractivity contribution in [1.82, 2.24) is 9.21 Å². The first kappa shape index (κ1) is 19.4. The van der Waals surface area contributed by atoms with Gasteiger partial charge in [0.05, 0.1) is 17.1 Å². The Kier molecular flexibility index (Phi) is 5.61. The molecule has 0 N–H and O–H groups in total. The lowest BCUT2D eigenvalue weighted by atomic mass is 10.0. The number of sulfonamides is 1. The van der Waals surface area contributed by atoms with Gasteiger partial charge >= 0.3 is 0 Å². The molecule has 0 spiro atoms. The molecular formula is C21H32N2O3S. The normalized spacial score (nSPS) is 30.7. The maximum absolute atomic E-state index is 13.4. The molecule has 6 heteroatoms. The second-order valence-corrected chi connectivity index (χ2v) is 10.2. The number of nitrogens with zero attached hydrogens (tertiary/aromatic N) is 2. The SMILES string of the molecule is CCc1ccccc1S(=O)(=O)N1[C@@H]2CC[C@H]1CC(OC1CCN(C)CC1)C2. The molecule has 3 aliphatic rings. The molecule has 0 radical (unpaired) electrons. The van der Waals surface area contributed by atoms with E-state index in [9.17, 15) is 8.42 Å². The first-order chi connectivity index (χ1) is 13.0. The van der Waals surface area contributed by atoms with Gasteiger partial charge in [0.1, 0.15) is 0 Å². The lowest BCUT2D eigenvalue weighted by Crippen LogP contribution is -2.49. The van der Waals surface area contributed by atoms with Crippen LogP contribution in [0.4, 0.5) is 0 Å². The van der Waals surface area contributed by atoms with Gasteiger partial charge in [-0.15, -0.1) is 0 Å². The molecule has 1 aromatic rings. The summed E-state index contributed by atoms with van der Waals surface area (Å²) in [4.78, 5) is 2.85. The number of rotatable bonds is 5. The van der Waals surface area contributed by atoms with Gasteiger partial charge in [-0.2, -0.15) is 4.31 Å². The summed E-state index contributed by atoms with van der Waals surface area (Å²) in [6.45, 7) is 4.21. The standard InChI is InChI=1S/C21H32N2O3S/c1-3-16-6-4-5-7-21(16)27(24,25)23-17-8-9-18(23)15-20(14-17)26-19-10-12-22(2)13-11-19/h4-7,17-20H,3,8-15H2,1-2H3/t17-,18+,20?. The second kappa shape index (κ2) is 7.82. The van der Waals surface area contributed by atoms with Crippen molar-refractivity contribution in [3.8, 4) is 0 Å². The molecule has 3 aliphatic heterocycles. The Hall–Kier alpha value is -0.950. The summed E-state index contributed by atoms with van der Waals surface area (Å²) in [5.41, 5.74) is 0.918. The zero-order valence-electron chi connectivity index (χ0n) is 16.5. The Labute approximate surface area is 163 Å². The van der Waals surface area contributed by atoms with Gasteiger partial charge in [0.25, 0.3) is 0 Å². The van der Waals surface area contributed by atoms with E-state index in [4.69, 9.17) is 4.74 Å². The van der Waals surface area contributed by atoms with Crippen molar-refractivity contribution in [2.75, 3.05) is 20.1 Å². The fourth-order valence-corrected chi connectivity index (χ4v) is 7.33. The highest BCUT2D eigenvalue weighted by molar-refractivity contribution is 7.89. The maximum atomic E-state index is 13.4. The fraction of sp³-hybridized carbons (Fsp3) is 0.714. The van der Waals surface area contributed by atoms with E-state index in [0.717, 1.165) is 63.6 Å². The van der Waals surface area contributed by atoms with Crippen molar-refractivity contribution in [2.45, 2.75) is 81.1 Å². The van der Waals surface area contributed by atoms with Crippen molar-refractivity contribution in [2.24, 2.45) is 0 Å². The van der Waals surface area contributed by atoms with Crippen LogP contribution in [0.25, 0.3) is 0 Å². The fourth-order valence-electron chi connectivity index (χ4n) is 5.14. The molecule has 0 aliphatic carbocycles. The molecule has 5 nitrogen and oxygen atoms in total. The van der Waals surface area contributed by atoms with Crippen LogP contribution in [-0.2, 0) is 21.2 Å². The Morgan fingerprint density at radius 2 is 1.63 bits per heavy atom. The van der Waals surface area contributed by atoms with Gasteiger partial charge in [0.15, 0.2) is 0 Å². The molecule has 1 aromatic carbocycles. The Balaban J connectivity index is 1.47. The largest absolute Gasteiger partial charge is 0.375 e. The van der Waals surface area contributed by atoms with Crippen molar-refractivity contribution in [3.05, 3.63) is 29.8 Å². The molecule has 3 atom stereocenters. The summed E-state index contributed by atoms with van der Waals surface area (Å²) in [6.07, 6.45) is 7.09. The maximum Gasteiger partial charge on any atom is 0.243 e. The van der Waals surface area contributed by atoms with Gasteiger partial charge in [-0.05, 0) is 63.6 Å². The van der Waals surface area contributed by atoms with E-state index in [1.165, 1.54) is 0 Å². The van der Waals surface area contributed by atoms with Gasteiger partial charge < -0.3 is 9.64 Å². The molecule has 27 heavy (non-hydrogen) atoms. The lowest BCUT2D eigenvalue weighted by molar-refractivity contribution is -0.0669. The van der Waals surface area contributed by atoms with Crippen molar-refractivity contribution >= 4 is 10.0 Å². The van der Waals surface area contributed by atoms with E-state index in [1.807, 2.05) is 29.4 Å². The molecule has 1 unspecified atom stereocenters. The van der Waals surface area contributed by atoms with Crippen LogP contribution in [0.2, 0.25) is 0 Å². The molecule has 3 heterocycles. The van der Waals surface area contributed by atoms with E-state index >= 15 is 0 Å². The number of aryl methyl sites for hydroxylation is 1. The highest BCUT2D eigenvalue weighted by atomic mass is 32.2. The second-order valence-electron chi connectivity index (χ2n) is 8.41. The number of ether oxygens (including phenoxy) is 1. The minimum absolute atomic E-state index is 0.0925. The molecule has 150 valence electrons. The quantitative estimate of drug-likeness (QED) is 0.773. The third kappa shape index (κ3) is 3.82. The summed E-state index contributed by atoms with van der Waals surface area (Å²) in [6, 6.07) is 7.65. The zero-order chi connectivity index (χ0) is 19.0. The van der Waals surface area contributed by atoms with E-state index in [0.29, 0.717) is 11.0 Å².